The number of carboxylic acids is 1. The zero-order valence-corrected chi connectivity index (χ0v) is 32.3. The van der Waals surface area contributed by atoms with Crippen molar-refractivity contribution in [1.82, 2.24) is 5.32 Å². The lowest BCUT2D eigenvalue weighted by Gasteiger charge is -2.61. The van der Waals surface area contributed by atoms with Crippen LogP contribution in [0.25, 0.3) is 11.1 Å². The van der Waals surface area contributed by atoms with Gasteiger partial charge in [-0.1, -0.05) is 102 Å². The normalized spacial score (nSPS) is 32.2. The summed E-state index contributed by atoms with van der Waals surface area (Å²) in [6.07, 6.45) is 13.0. The molecule has 6 heteroatoms. The van der Waals surface area contributed by atoms with Gasteiger partial charge in [-0.2, -0.15) is 0 Å². The molecule has 2 N–H and O–H groups in total. The van der Waals surface area contributed by atoms with Crippen LogP contribution in [0.2, 0.25) is 0 Å². The summed E-state index contributed by atoms with van der Waals surface area (Å²) in [4.78, 5) is 39.2. The fourth-order valence-corrected chi connectivity index (χ4v) is 12.7. The molecule has 0 spiro atoms. The highest BCUT2D eigenvalue weighted by atomic mass is 16.5. The average molecular weight is 709 g/mol. The second-order valence-electron chi connectivity index (χ2n) is 18.5. The minimum absolute atomic E-state index is 0.113. The van der Waals surface area contributed by atoms with E-state index in [0.29, 0.717) is 23.7 Å². The van der Waals surface area contributed by atoms with Crippen molar-refractivity contribution in [3.63, 3.8) is 0 Å². The maximum atomic E-state index is 14.1. The monoisotopic (exact) mass is 708 g/mol. The van der Waals surface area contributed by atoms with Gasteiger partial charge in [0.05, 0.1) is 6.42 Å². The molecular weight excluding hydrogens is 647 g/mol. The number of rotatable bonds is 12. The van der Waals surface area contributed by atoms with Crippen molar-refractivity contribution < 1.29 is 24.2 Å². The highest BCUT2D eigenvalue weighted by Crippen LogP contribution is 2.69. The van der Waals surface area contributed by atoms with Gasteiger partial charge in [-0.3, -0.25) is 9.59 Å². The number of nitrogens with one attached hydrogen (secondary N) is 1. The Hall–Kier alpha value is -3.15. The molecule has 1 amide bonds. The Kier molecular flexibility index (Phi) is 10.7. The van der Waals surface area contributed by atoms with Crippen LogP contribution < -0.4 is 5.32 Å². The van der Waals surface area contributed by atoms with Crippen molar-refractivity contribution >= 4 is 17.8 Å². The van der Waals surface area contributed by atoms with Gasteiger partial charge in [0.15, 0.2) is 5.78 Å². The maximum Gasteiger partial charge on any atom is 0.407 e. The second kappa shape index (κ2) is 14.9. The molecule has 0 aromatic heterocycles. The van der Waals surface area contributed by atoms with Crippen molar-refractivity contribution in [2.75, 3.05) is 6.61 Å². The average Bonchev–Trinajstić information content (AvgIpc) is 3.64. The molecule has 0 aliphatic heterocycles. The Morgan fingerprint density at radius 2 is 1.52 bits per heavy atom. The standard InChI is InChI=1S/C46H62NO5/c1-28(2)11-10-12-29(3)38-19-20-39-36-18-17-31-25-30(21-23-45(31,4)40(36)22-24-46(38,39)5)43(50)41(26-42(48)49)47-44(51)52-27-37-34-15-8-6-13-32(34)33-14-7-9-16-35(33)37/h6-9,13-16,28-29,31,36-41H,10-12,17-27H2,1-5H3,(H,47,51)(H,48,49)/t29-,31?,36?,38-,39?,40?,41+,45+,46-/m1/s1. The molecule has 5 aliphatic rings. The Balaban J connectivity index is 0.971. The van der Waals surface area contributed by atoms with Crippen LogP contribution in [0.15, 0.2) is 48.5 Å². The quantitative estimate of drug-likeness (QED) is 0.229. The molecule has 4 fully saturated rings. The lowest BCUT2D eigenvalue weighted by Crippen LogP contribution is -2.54. The van der Waals surface area contributed by atoms with Gasteiger partial charge in [0.2, 0.25) is 0 Å². The van der Waals surface area contributed by atoms with E-state index in [2.05, 4.69) is 64.2 Å². The van der Waals surface area contributed by atoms with Crippen LogP contribution in [0, 0.1) is 58.2 Å². The summed E-state index contributed by atoms with van der Waals surface area (Å²) in [5.41, 5.74) is 5.14. The lowest BCUT2D eigenvalue weighted by atomic mass is 9.43. The van der Waals surface area contributed by atoms with Crippen LogP contribution in [-0.4, -0.2) is 35.6 Å². The summed E-state index contributed by atoms with van der Waals surface area (Å²) >= 11 is 0. The molecule has 6 nitrogen and oxygen atoms in total. The minimum atomic E-state index is -1.13. The third-order valence-corrected chi connectivity index (χ3v) is 15.4. The van der Waals surface area contributed by atoms with E-state index in [1.807, 2.05) is 24.3 Å². The highest BCUT2D eigenvalue weighted by molar-refractivity contribution is 6.00. The van der Waals surface area contributed by atoms with E-state index >= 15 is 0 Å². The number of hydrogen-bond acceptors (Lipinski definition) is 4. The number of aliphatic carboxylic acids is 1. The van der Waals surface area contributed by atoms with Gasteiger partial charge >= 0.3 is 12.1 Å². The molecular formula is C46H62NO5. The van der Waals surface area contributed by atoms with Crippen LogP contribution in [0.3, 0.4) is 0 Å². The summed E-state index contributed by atoms with van der Waals surface area (Å²) < 4.78 is 5.74. The molecule has 7 rings (SSSR count). The van der Waals surface area contributed by atoms with Crippen LogP contribution in [0.4, 0.5) is 4.79 Å². The lowest BCUT2D eigenvalue weighted by molar-refractivity contribution is -0.140. The predicted molar refractivity (Wildman–Crippen MR) is 206 cm³/mol. The zero-order valence-electron chi connectivity index (χ0n) is 32.3. The smallest absolute Gasteiger partial charge is 0.407 e. The first kappa shape index (κ1) is 37.2. The summed E-state index contributed by atoms with van der Waals surface area (Å²) in [6.45, 7) is 12.5. The molecule has 4 saturated carbocycles. The number of amides is 1. The van der Waals surface area contributed by atoms with E-state index in [1.165, 1.54) is 51.4 Å². The summed E-state index contributed by atoms with van der Waals surface area (Å²) in [7, 11) is 0. The molecule has 9 atom stereocenters. The van der Waals surface area contributed by atoms with Crippen LogP contribution >= 0.6 is 0 Å². The van der Waals surface area contributed by atoms with Crippen molar-refractivity contribution in [3.05, 3.63) is 65.6 Å². The topological polar surface area (TPSA) is 92.7 Å². The number of alkyl carbamates (subject to hydrolysis) is 1. The van der Waals surface area contributed by atoms with E-state index in [9.17, 15) is 19.5 Å². The largest absolute Gasteiger partial charge is 0.481 e. The fraction of sp³-hybridized carbons (Fsp3) is 0.652. The van der Waals surface area contributed by atoms with Gasteiger partial charge in [0, 0.05) is 11.8 Å². The fourth-order valence-electron chi connectivity index (χ4n) is 12.7. The molecule has 2 aromatic rings. The Morgan fingerprint density at radius 3 is 2.19 bits per heavy atom. The zero-order chi connectivity index (χ0) is 36.8. The number of ketones is 1. The number of fused-ring (bicyclic) bond motifs is 8. The van der Waals surface area contributed by atoms with Crippen LogP contribution in [-0.2, 0) is 14.3 Å². The van der Waals surface area contributed by atoms with E-state index in [4.69, 9.17) is 4.74 Å². The van der Waals surface area contributed by atoms with Gasteiger partial charge in [-0.25, -0.2) is 4.79 Å². The Morgan fingerprint density at radius 1 is 0.846 bits per heavy atom. The number of hydrogen-bond donors (Lipinski definition) is 2. The van der Waals surface area contributed by atoms with E-state index in [1.54, 1.807) is 0 Å². The first-order chi connectivity index (χ1) is 24.9. The SMILES string of the molecule is CC(C)CCC[C@@H](C)[C@H]1CCC2C3CCC4C[C](C(=O)[C@H](CC(=O)O)NC(=O)OCC5c6ccccc6-c6ccccc65)CC[C@]4(C)C3CC[C@@]21C. The van der Waals surface area contributed by atoms with Gasteiger partial charge in [0.25, 0.3) is 0 Å². The van der Waals surface area contributed by atoms with Gasteiger partial charge in [-0.05, 0) is 132 Å². The van der Waals surface area contributed by atoms with E-state index in [0.717, 1.165) is 77.0 Å². The molecule has 0 bridgehead atoms. The number of carboxylic acid groups (broad SMARTS) is 1. The second-order valence-corrected chi connectivity index (χ2v) is 18.5. The Bertz CT molecular complexity index is 1590. The Labute approximate surface area is 312 Å². The van der Waals surface area contributed by atoms with Crippen LogP contribution in [0.1, 0.15) is 135 Å². The molecule has 52 heavy (non-hydrogen) atoms. The van der Waals surface area contributed by atoms with Crippen molar-refractivity contribution in [2.24, 2.45) is 52.3 Å². The third kappa shape index (κ3) is 6.86. The third-order valence-electron chi connectivity index (χ3n) is 15.4. The van der Waals surface area contributed by atoms with Gasteiger partial charge in [-0.15, -0.1) is 0 Å². The molecule has 1 radical (unpaired) electrons. The number of ether oxygens (including phenoxy) is 1. The van der Waals surface area contributed by atoms with Crippen molar-refractivity contribution in [3.8, 4) is 11.1 Å². The number of carbonyl (C=O) groups excluding carboxylic acids is 2. The molecule has 2 aromatic carbocycles. The van der Waals surface area contributed by atoms with Gasteiger partial charge in [0.1, 0.15) is 12.6 Å². The van der Waals surface area contributed by atoms with Crippen molar-refractivity contribution in [1.29, 1.82) is 0 Å². The number of carbonyl (C=O) groups is 3. The molecule has 0 saturated heterocycles. The molecule has 0 heterocycles. The maximum absolute atomic E-state index is 14.1. The van der Waals surface area contributed by atoms with Crippen LogP contribution in [0.5, 0.6) is 0 Å². The molecule has 5 aliphatic carbocycles. The molecule has 4 unspecified atom stereocenters. The predicted octanol–water partition coefficient (Wildman–Crippen LogP) is 10.6. The van der Waals surface area contributed by atoms with Gasteiger partial charge < -0.3 is 15.2 Å². The number of benzene rings is 2. The summed E-state index contributed by atoms with van der Waals surface area (Å²) in [5, 5.41) is 12.5. The van der Waals surface area contributed by atoms with E-state index in [-0.39, 0.29) is 23.7 Å². The summed E-state index contributed by atoms with van der Waals surface area (Å²) in [5.74, 6) is 4.52. The first-order valence-electron chi connectivity index (χ1n) is 20.6. The molecule has 281 valence electrons. The minimum Gasteiger partial charge on any atom is -0.481 e. The number of Topliss-reactive ketones (excluding diaryl/α,β-unsaturated/α-hetero) is 1. The highest BCUT2D eigenvalue weighted by Gasteiger charge is 2.61. The van der Waals surface area contributed by atoms with Crippen molar-refractivity contribution in [2.45, 2.75) is 130 Å². The van der Waals surface area contributed by atoms with E-state index < -0.39 is 24.5 Å². The summed E-state index contributed by atoms with van der Waals surface area (Å²) in [6, 6.07) is 15.2. The first-order valence-corrected chi connectivity index (χ1v) is 20.6.